The van der Waals surface area contributed by atoms with Crippen LogP contribution in [-0.2, 0) is 0 Å². The summed E-state index contributed by atoms with van der Waals surface area (Å²) < 4.78 is 12.6. The maximum Gasteiger partial charge on any atom is 0.100 e. The molecule has 0 heterocycles. The predicted molar refractivity (Wildman–Crippen MR) is 39.3 cm³/mol. The van der Waals surface area contributed by atoms with Gasteiger partial charge in [0.1, 0.15) is 6.17 Å². The van der Waals surface area contributed by atoms with Gasteiger partial charge in [-0.2, -0.15) is 0 Å². The maximum atomic E-state index is 12.6. The van der Waals surface area contributed by atoms with E-state index in [1.165, 1.54) is 0 Å². The summed E-state index contributed by atoms with van der Waals surface area (Å²) >= 11 is 0. The molecule has 0 spiro atoms. The normalized spacial score (nSPS) is 15.7. The molecule has 0 nitrogen and oxygen atoms in total. The second kappa shape index (κ2) is 3.19. The van der Waals surface area contributed by atoms with Crippen LogP contribution in [0.4, 0.5) is 4.39 Å². The Morgan fingerprint density at radius 2 is 1.78 bits per heavy atom. The summed E-state index contributed by atoms with van der Waals surface area (Å²) in [7, 11) is 0. The zero-order valence-corrected chi connectivity index (χ0v) is 6.87. The lowest BCUT2D eigenvalue weighted by atomic mass is 9.89. The Kier molecular flexibility index (Phi) is 3.16. The topological polar surface area (TPSA) is 0 Å². The SMILES string of the molecule is CC[C@@H](F)CC(C)(C)C. The van der Waals surface area contributed by atoms with Gasteiger partial charge in [0.2, 0.25) is 0 Å². The van der Waals surface area contributed by atoms with Gasteiger partial charge in [0.05, 0.1) is 0 Å². The summed E-state index contributed by atoms with van der Waals surface area (Å²) in [6.45, 7) is 8.08. The fraction of sp³-hybridized carbons (Fsp3) is 1.00. The molecule has 0 unspecified atom stereocenters. The molecule has 1 heteroatoms. The molecule has 0 aliphatic rings. The van der Waals surface area contributed by atoms with Crippen LogP contribution in [0.5, 0.6) is 0 Å². The highest BCUT2D eigenvalue weighted by Gasteiger charge is 2.15. The van der Waals surface area contributed by atoms with Gasteiger partial charge in [0, 0.05) is 0 Å². The van der Waals surface area contributed by atoms with Crippen LogP contribution in [0.2, 0.25) is 0 Å². The summed E-state index contributed by atoms with van der Waals surface area (Å²) in [5.41, 5.74) is 0.148. The van der Waals surface area contributed by atoms with Crippen molar-refractivity contribution in [2.24, 2.45) is 5.41 Å². The van der Waals surface area contributed by atoms with Gasteiger partial charge in [-0.15, -0.1) is 0 Å². The van der Waals surface area contributed by atoms with E-state index in [4.69, 9.17) is 0 Å². The molecule has 9 heavy (non-hydrogen) atoms. The Balaban J connectivity index is 3.47. The van der Waals surface area contributed by atoms with Crippen molar-refractivity contribution in [2.45, 2.75) is 46.7 Å². The Bertz CT molecular complexity index is 71.1. The lowest BCUT2D eigenvalue weighted by Crippen LogP contribution is -2.12. The van der Waals surface area contributed by atoms with Crippen molar-refractivity contribution in [1.82, 2.24) is 0 Å². The van der Waals surface area contributed by atoms with Crippen LogP contribution in [0.3, 0.4) is 0 Å². The standard InChI is InChI=1S/C8H17F/c1-5-7(9)6-8(2,3)4/h7H,5-6H2,1-4H3/t7-/m1/s1. The molecule has 0 saturated carbocycles. The molecule has 0 saturated heterocycles. The van der Waals surface area contributed by atoms with Gasteiger partial charge in [-0.1, -0.05) is 27.7 Å². The number of alkyl halides is 1. The third-order valence-electron chi connectivity index (χ3n) is 1.28. The molecule has 0 bridgehead atoms. The first-order valence-corrected chi connectivity index (χ1v) is 3.60. The van der Waals surface area contributed by atoms with E-state index in [9.17, 15) is 4.39 Å². The second-order valence-corrected chi connectivity index (χ2v) is 3.77. The van der Waals surface area contributed by atoms with Crippen LogP contribution in [-0.4, -0.2) is 6.17 Å². The van der Waals surface area contributed by atoms with E-state index in [1.54, 1.807) is 0 Å². The lowest BCUT2D eigenvalue weighted by Gasteiger charge is -2.19. The van der Waals surface area contributed by atoms with Crippen molar-refractivity contribution in [3.8, 4) is 0 Å². The minimum atomic E-state index is -0.606. The van der Waals surface area contributed by atoms with E-state index in [0.29, 0.717) is 12.8 Å². The molecule has 0 radical (unpaired) electrons. The third-order valence-corrected chi connectivity index (χ3v) is 1.28. The Hall–Kier alpha value is -0.0700. The molecule has 0 aromatic carbocycles. The zero-order valence-electron chi connectivity index (χ0n) is 6.87. The van der Waals surface area contributed by atoms with Crippen LogP contribution in [0, 0.1) is 5.41 Å². The highest BCUT2D eigenvalue weighted by atomic mass is 19.1. The van der Waals surface area contributed by atoms with Crippen LogP contribution >= 0.6 is 0 Å². The smallest absolute Gasteiger partial charge is 0.100 e. The minimum absolute atomic E-state index is 0.148. The number of hydrogen-bond donors (Lipinski definition) is 0. The van der Waals surface area contributed by atoms with Gasteiger partial charge in [0.15, 0.2) is 0 Å². The van der Waals surface area contributed by atoms with E-state index in [0.717, 1.165) is 0 Å². The summed E-state index contributed by atoms with van der Waals surface area (Å²) in [4.78, 5) is 0. The highest BCUT2D eigenvalue weighted by molar-refractivity contribution is 4.66. The Labute approximate surface area is 57.5 Å². The minimum Gasteiger partial charge on any atom is -0.247 e. The van der Waals surface area contributed by atoms with Gasteiger partial charge in [0.25, 0.3) is 0 Å². The summed E-state index contributed by atoms with van der Waals surface area (Å²) in [5, 5.41) is 0. The van der Waals surface area contributed by atoms with Crippen LogP contribution in [0.15, 0.2) is 0 Å². The Morgan fingerprint density at radius 1 is 1.33 bits per heavy atom. The predicted octanol–water partition coefficient (Wildman–Crippen LogP) is 3.17. The van der Waals surface area contributed by atoms with Crippen LogP contribution in [0.1, 0.15) is 40.5 Å². The number of hydrogen-bond acceptors (Lipinski definition) is 0. The molecule has 0 aromatic heterocycles. The molecule has 0 aromatic rings. The molecule has 0 amide bonds. The van der Waals surface area contributed by atoms with Gasteiger partial charge < -0.3 is 0 Å². The van der Waals surface area contributed by atoms with Crippen molar-refractivity contribution in [2.75, 3.05) is 0 Å². The fourth-order valence-electron chi connectivity index (χ4n) is 0.809. The van der Waals surface area contributed by atoms with Crippen molar-refractivity contribution in [3.05, 3.63) is 0 Å². The van der Waals surface area contributed by atoms with Crippen molar-refractivity contribution < 1.29 is 4.39 Å². The largest absolute Gasteiger partial charge is 0.247 e. The monoisotopic (exact) mass is 132 g/mol. The quantitative estimate of drug-likeness (QED) is 0.541. The molecular formula is C8H17F. The molecule has 56 valence electrons. The first kappa shape index (κ1) is 8.93. The summed E-state index contributed by atoms with van der Waals surface area (Å²) in [6.07, 6.45) is 0.728. The van der Waals surface area contributed by atoms with E-state index in [-0.39, 0.29) is 5.41 Å². The van der Waals surface area contributed by atoms with Gasteiger partial charge in [-0.25, -0.2) is 4.39 Å². The van der Waals surface area contributed by atoms with E-state index in [1.807, 2.05) is 6.92 Å². The second-order valence-electron chi connectivity index (χ2n) is 3.77. The summed E-state index contributed by atoms with van der Waals surface area (Å²) in [6, 6.07) is 0. The van der Waals surface area contributed by atoms with Gasteiger partial charge in [-0.3, -0.25) is 0 Å². The Morgan fingerprint density at radius 3 is 1.89 bits per heavy atom. The van der Waals surface area contributed by atoms with E-state index in [2.05, 4.69) is 20.8 Å². The molecule has 0 N–H and O–H groups in total. The molecular weight excluding hydrogens is 115 g/mol. The molecule has 0 aliphatic carbocycles. The van der Waals surface area contributed by atoms with Crippen molar-refractivity contribution in [3.63, 3.8) is 0 Å². The van der Waals surface area contributed by atoms with Crippen LogP contribution < -0.4 is 0 Å². The first-order valence-electron chi connectivity index (χ1n) is 3.60. The van der Waals surface area contributed by atoms with Crippen molar-refractivity contribution >= 4 is 0 Å². The van der Waals surface area contributed by atoms with Gasteiger partial charge in [-0.05, 0) is 18.3 Å². The molecule has 1 atom stereocenters. The fourth-order valence-corrected chi connectivity index (χ4v) is 0.809. The summed E-state index contributed by atoms with van der Waals surface area (Å²) in [5.74, 6) is 0. The van der Waals surface area contributed by atoms with Crippen molar-refractivity contribution in [1.29, 1.82) is 0 Å². The van der Waals surface area contributed by atoms with E-state index >= 15 is 0 Å². The average Bonchev–Trinajstić information content (AvgIpc) is 1.62. The molecule has 0 rings (SSSR count). The number of rotatable bonds is 2. The molecule has 0 fully saturated rings. The van der Waals surface area contributed by atoms with Crippen LogP contribution in [0.25, 0.3) is 0 Å². The third kappa shape index (κ3) is 5.81. The highest BCUT2D eigenvalue weighted by Crippen LogP contribution is 2.23. The lowest BCUT2D eigenvalue weighted by molar-refractivity contribution is 0.219. The van der Waals surface area contributed by atoms with E-state index < -0.39 is 6.17 Å². The zero-order chi connectivity index (χ0) is 7.49. The first-order chi connectivity index (χ1) is 3.95. The van der Waals surface area contributed by atoms with Gasteiger partial charge >= 0.3 is 0 Å². The molecule has 0 aliphatic heterocycles. The number of halogens is 1. The maximum absolute atomic E-state index is 12.6. The average molecular weight is 132 g/mol.